The van der Waals surface area contributed by atoms with Gasteiger partial charge in [-0.25, -0.2) is 13.2 Å². The fourth-order valence-corrected chi connectivity index (χ4v) is 2.94. The minimum atomic E-state index is -1.03. The number of benzene rings is 2. The first-order valence-electron chi connectivity index (χ1n) is 7.59. The average Bonchev–Trinajstić information content (AvgIpc) is 2.54. The molecule has 0 saturated heterocycles. The largest absolute Gasteiger partial charge is 0.207 e. The molecule has 1 aromatic heterocycles. The van der Waals surface area contributed by atoms with Crippen molar-refractivity contribution < 1.29 is 13.2 Å². The van der Waals surface area contributed by atoms with E-state index >= 15 is 0 Å². The zero-order chi connectivity index (χ0) is 18.1. The Morgan fingerprint density at radius 2 is 1.48 bits per heavy atom. The molecule has 0 radical (unpaired) electrons. The second-order valence-electron chi connectivity index (χ2n) is 5.84. The van der Waals surface area contributed by atoms with Gasteiger partial charge in [0.15, 0.2) is 5.15 Å². The van der Waals surface area contributed by atoms with Crippen LogP contribution >= 0.6 is 11.6 Å². The van der Waals surface area contributed by atoms with E-state index in [2.05, 4.69) is 10.2 Å². The van der Waals surface area contributed by atoms with Crippen molar-refractivity contribution in [1.29, 1.82) is 0 Å². The van der Waals surface area contributed by atoms with Gasteiger partial charge in [-0.2, -0.15) is 5.10 Å². The van der Waals surface area contributed by atoms with E-state index in [0.29, 0.717) is 29.8 Å². The number of rotatable bonds is 3. The number of nitrogens with zero attached hydrogens (tertiary/aromatic N) is 2. The number of hydrogen-bond acceptors (Lipinski definition) is 2. The Balaban J connectivity index is 2.20. The first-order chi connectivity index (χ1) is 11.9. The van der Waals surface area contributed by atoms with Crippen molar-refractivity contribution in [3.63, 3.8) is 0 Å². The molecule has 0 bridgehead atoms. The Morgan fingerprint density at radius 1 is 0.880 bits per heavy atom. The van der Waals surface area contributed by atoms with Gasteiger partial charge in [0, 0.05) is 24.1 Å². The van der Waals surface area contributed by atoms with Gasteiger partial charge in [0.2, 0.25) is 0 Å². The molecule has 0 fully saturated rings. The molecule has 0 spiro atoms. The van der Waals surface area contributed by atoms with Gasteiger partial charge in [-0.3, -0.25) is 0 Å². The zero-order valence-corrected chi connectivity index (χ0v) is 14.3. The van der Waals surface area contributed by atoms with E-state index in [4.69, 9.17) is 11.6 Å². The Kier molecular flexibility index (Phi) is 4.77. The lowest BCUT2D eigenvalue weighted by Crippen LogP contribution is -2.05. The molecule has 25 heavy (non-hydrogen) atoms. The highest BCUT2D eigenvalue weighted by Gasteiger charge is 2.22. The van der Waals surface area contributed by atoms with Gasteiger partial charge in [0.25, 0.3) is 0 Å². The summed E-state index contributed by atoms with van der Waals surface area (Å²) >= 11 is 6.11. The summed E-state index contributed by atoms with van der Waals surface area (Å²) in [5.74, 6) is -3.05. The van der Waals surface area contributed by atoms with Crippen LogP contribution in [-0.2, 0) is 6.42 Å². The van der Waals surface area contributed by atoms with Crippen LogP contribution in [0, 0.1) is 31.3 Å². The van der Waals surface area contributed by atoms with Crippen molar-refractivity contribution in [2.24, 2.45) is 0 Å². The van der Waals surface area contributed by atoms with Crippen LogP contribution in [0.25, 0.3) is 11.1 Å². The fraction of sp³-hybridized carbons (Fsp3) is 0.158. The normalized spacial score (nSPS) is 11.0. The molecule has 3 aromatic rings. The summed E-state index contributed by atoms with van der Waals surface area (Å²) in [4.78, 5) is 0. The van der Waals surface area contributed by atoms with Gasteiger partial charge >= 0.3 is 0 Å². The van der Waals surface area contributed by atoms with E-state index in [1.807, 2.05) is 31.2 Å². The number of aromatic nitrogens is 2. The summed E-state index contributed by atoms with van der Waals surface area (Å²) in [5.41, 5.74) is 2.79. The molecule has 0 aliphatic rings. The van der Waals surface area contributed by atoms with Crippen molar-refractivity contribution >= 4 is 11.6 Å². The van der Waals surface area contributed by atoms with Gasteiger partial charge in [-0.1, -0.05) is 41.4 Å². The molecule has 0 aliphatic carbocycles. The molecule has 0 unspecified atom stereocenters. The summed E-state index contributed by atoms with van der Waals surface area (Å²) in [6, 6.07) is 8.98. The average molecular weight is 363 g/mol. The number of hydrogen-bond donors (Lipinski definition) is 0. The fourth-order valence-electron chi connectivity index (χ4n) is 2.70. The molecular formula is C19H14ClF3N2. The second-order valence-corrected chi connectivity index (χ2v) is 6.19. The minimum Gasteiger partial charge on any atom is -0.207 e. The van der Waals surface area contributed by atoms with Crippen LogP contribution < -0.4 is 0 Å². The Bertz CT molecular complexity index is 917. The number of halogens is 4. The van der Waals surface area contributed by atoms with Crippen molar-refractivity contribution in [3.8, 4) is 11.1 Å². The minimum absolute atomic E-state index is 0.102. The highest BCUT2D eigenvalue weighted by atomic mass is 35.5. The Hall–Kier alpha value is -2.40. The molecule has 128 valence electrons. The first kappa shape index (κ1) is 17.4. The predicted molar refractivity (Wildman–Crippen MR) is 91.1 cm³/mol. The van der Waals surface area contributed by atoms with Crippen LogP contribution in [0.1, 0.15) is 22.4 Å². The topological polar surface area (TPSA) is 25.8 Å². The SMILES string of the molecule is Cc1ccc(Cc2c(C)nnc(Cl)c2-c2c(F)cc(F)cc2F)cc1. The van der Waals surface area contributed by atoms with E-state index in [0.717, 1.165) is 11.1 Å². The molecule has 3 rings (SSSR count). The molecule has 0 amide bonds. The first-order valence-corrected chi connectivity index (χ1v) is 7.96. The third kappa shape index (κ3) is 3.51. The highest BCUT2D eigenvalue weighted by Crippen LogP contribution is 2.36. The van der Waals surface area contributed by atoms with E-state index in [1.165, 1.54) is 0 Å². The van der Waals surface area contributed by atoms with Crippen molar-refractivity contribution in [2.75, 3.05) is 0 Å². The summed E-state index contributed by atoms with van der Waals surface area (Å²) in [5, 5.41) is 7.59. The molecule has 2 aromatic carbocycles. The van der Waals surface area contributed by atoms with Crippen LogP contribution in [-0.4, -0.2) is 10.2 Å². The van der Waals surface area contributed by atoms with Crippen molar-refractivity contribution in [1.82, 2.24) is 10.2 Å². The second kappa shape index (κ2) is 6.84. The molecule has 0 aliphatic heterocycles. The van der Waals surface area contributed by atoms with E-state index in [1.54, 1.807) is 6.92 Å². The van der Waals surface area contributed by atoms with E-state index in [9.17, 15) is 13.2 Å². The molecule has 0 saturated carbocycles. The van der Waals surface area contributed by atoms with Crippen LogP contribution in [0.3, 0.4) is 0 Å². The maximum Gasteiger partial charge on any atom is 0.160 e. The maximum atomic E-state index is 14.3. The van der Waals surface area contributed by atoms with E-state index < -0.39 is 23.0 Å². The lowest BCUT2D eigenvalue weighted by molar-refractivity contribution is 0.547. The lowest BCUT2D eigenvalue weighted by atomic mass is 9.94. The van der Waals surface area contributed by atoms with Crippen molar-refractivity contribution in [2.45, 2.75) is 20.3 Å². The molecule has 2 nitrogen and oxygen atoms in total. The number of aryl methyl sites for hydroxylation is 2. The monoisotopic (exact) mass is 362 g/mol. The summed E-state index contributed by atoms with van der Waals surface area (Å²) in [6.45, 7) is 3.66. The van der Waals surface area contributed by atoms with Crippen LogP contribution in [0.2, 0.25) is 5.15 Å². The third-order valence-corrected chi connectivity index (χ3v) is 4.26. The highest BCUT2D eigenvalue weighted by molar-refractivity contribution is 6.32. The Labute approximate surface area is 148 Å². The zero-order valence-electron chi connectivity index (χ0n) is 13.6. The summed E-state index contributed by atoms with van der Waals surface area (Å²) < 4.78 is 41.8. The lowest BCUT2D eigenvalue weighted by Gasteiger charge is -2.15. The summed E-state index contributed by atoms with van der Waals surface area (Å²) in [6.07, 6.45) is 0.368. The van der Waals surface area contributed by atoms with Crippen LogP contribution in [0.4, 0.5) is 13.2 Å². The standard InChI is InChI=1S/C19H14ClF3N2/c1-10-3-5-12(6-4-10)7-14-11(2)24-25-19(20)17(14)18-15(22)8-13(21)9-16(18)23/h3-6,8-9H,7H2,1-2H3. The molecular weight excluding hydrogens is 349 g/mol. The maximum absolute atomic E-state index is 14.3. The molecule has 1 heterocycles. The van der Waals surface area contributed by atoms with Gasteiger partial charge in [0.05, 0.1) is 11.3 Å². The molecule has 6 heteroatoms. The predicted octanol–water partition coefficient (Wildman–Crippen LogP) is 5.42. The quantitative estimate of drug-likeness (QED) is 0.621. The van der Waals surface area contributed by atoms with Crippen molar-refractivity contribution in [3.05, 3.63) is 81.4 Å². The molecule has 0 N–H and O–H groups in total. The van der Waals surface area contributed by atoms with E-state index in [-0.39, 0.29) is 10.7 Å². The van der Waals surface area contributed by atoms with Gasteiger partial charge in [-0.05, 0) is 25.0 Å². The van der Waals surface area contributed by atoms with Gasteiger partial charge in [-0.15, -0.1) is 5.10 Å². The smallest absolute Gasteiger partial charge is 0.160 e. The Morgan fingerprint density at radius 3 is 2.08 bits per heavy atom. The van der Waals surface area contributed by atoms with Crippen LogP contribution in [0.5, 0.6) is 0 Å². The third-order valence-electron chi connectivity index (χ3n) is 3.99. The van der Waals surface area contributed by atoms with Gasteiger partial charge < -0.3 is 0 Å². The van der Waals surface area contributed by atoms with Crippen LogP contribution in [0.15, 0.2) is 36.4 Å². The molecule has 0 atom stereocenters. The summed E-state index contributed by atoms with van der Waals surface area (Å²) in [7, 11) is 0. The van der Waals surface area contributed by atoms with Gasteiger partial charge in [0.1, 0.15) is 17.5 Å².